The van der Waals surface area contributed by atoms with Gasteiger partial charge in [0.05, 0.1) is 12.6 Å². The van der Waals surface area contributed by atoms with E-state index < -0.39 is 0 Å². The first-order chi connectivity index (χ1) is 10.3. The fourth-order valence-electron chi connectivity index (χ4n) is 2.04. The predicted octanol–water partition coefficient (Wildman–Crippen LogP) is 3.87. The molecule has 4 nitrogen and oxygen atoms in total. The third-order valence-corrected chi connectivity index (χ3v) is 3.41. The van der Waals surface area contributed by atoms with Gasteiger partial charge in [0, 0.05) is 11.5 Å². The van der Waals surface area contributed by atoms with E-state index >= 15 is 0 Å². The lowest BCUT2D eigenvalue weighted by Crippen LogP contribution is -1.98. The maximum Gasteiger partial charge on any atom is 0.162 e. The second kappa shape index (κ2) is 5.97. The Balaban J connectivity index is 1.95. The average Bonchev–Trinajstić information content (AvgIpc) is 2.53. The number of fused-ring (bicyclic) bond motifs is 1. The molecule has 0 aliphatic rings. The highest BCUT2D eigenvalue weighted by molar-refractivity contribution is 6.34. The summed E-state index contributed by atoms with van der Waals surface area (Å²) >= 11 is 6.09. The van der Waals surface area contributed by atoms with Crippen molar-refractivity contribution in [1.82, 2.24) is 9.97 Å². The van der Waals surface area contributed by atoms with Crippen LogP contribution < -0.4 is 9.47 Å². The van der Waals surface area contributed by atoms with Gasteiger partial charge in [-0.1, -0.05) is 41.9 Å². The zero-order valence-electron chi connectivity index (χ0n) is 11.4. The van der Waals surface area contributed by atoms with Gasteiger partial charge in [-0.15, -0.1) is 0 Å². The summed E-state index contributed by atoms with van der Waals surface area (Å²) < 4.78 is 11.2. The summed E-state index contributed by atoms with van der Waals surface area (Å²) in [7, 11) is 1.60. The highest BCUT2D eigenvalue weighted by atomic mass is 35.5. The lowest BCUT2D eigenvalue weighted by molar-refractivity contribution is 0.285. The molecule has 0 fully saturated rings. The first-order valence-electron chi connectivity index (χ1n) is 6.43. The SMILES string of the molecule is COc1cc2ncnc(Cl)c2cc1OCc1ccccc1. The minimum absolute atomic E-state index is 0.396. The number of rotatable bonds is 4. The summed E-state index contributed by atoms with van der Waals surface area (Å²) in [6.45, 7) is 0.452. The monoisotopic (exact) mass is 300 g/mol. The predicted molar refractivity (Wildman–Crippen MR) is 81.9 cm³/mol. The highest BCUT2D eigenvalue weighted by Crippen LogP contribution is 2.34. The Morgan fingerprint density at radius 1 is 1.05 bits per heavy atom. The van der Waals surface area contributed by atoms with Gasteiger partial charge in [0.2, 0.25) is 0 Å². The molecule has 0 saturated heterocycles. The molecule has 0 saturated carbocycles. The van der Waals surface area contributed by atoms with Crippen LogP contribution in [0.1, 0.15) is 5.56 Å². The molecule has 0 aliphatic heterocycles. The Bertz CT molecular complexity index is 763. The molecule has 0 N–H and O–H groups in total. The minimum Gasteiger partial charge on any atom is -0.493 e. The van der Waals surface area contributed by atoms with E-state index in [1.165, 1.54) is 6.33 Å². The zero-order chi connectivity index (χ0) is 14.7. The van der Waals surface area contributed by atoms with Crippen LogP contribution in [0.25, 0.3) is 10.9 Å². The zero-order valence-corrected chi connectivity index (χ0v) is 12.2. The van der Waals surface area contributed by atoms with Gasteiger partial charge in [-0.25, -0.2) is 9.97 Å². The topological polar surface area (TPSA) is 44.2 Å². The van der Waals surface area contributed by atoms with Crippen LogP contribution >= 0.6 is 11.6 Å². The van der Waals surface area contributed by atoms with Crippen molar-refractivity contribution < 1.29 is 9.47 Å². The van der Waals surface area contributed by atoms with Crippen LogP contribution in [0.5, 0.6) is 11.5 Å². The number of nitrogens with zero attached hydrogens (tertiary/aromatic N) is 2. The van der Waals surface area contributed by atoms with Gasteiger partial charge in [0.1, 0.15) is 18.1 Å². The summed E-state index contributed by atoms with van der Waals surface area (Å²) in [6, 6.07) is 13.5. The van der Waals surface area contributed by atoms with Crippen molar-refractivity contribution in [3.8, 4) is 11.5 Å². The second-order valence-corrected chi connectivity index (χ2v) is 4.82. The van der Waals surface area contributed by atoms with Gasteiger partial charge in [0.15, 0.2) is 11.5 Å². The van der Waals surface area contributed by atoms with Crippen molar-refractivity contribution in [1.29, 1.82) is 0 Å². The van der Waals surface area contributed by atoms with Crippen LogP contribution in [-0.4, -0.2) is 17.1 Å². The van der Waals surface area contributed by atoms with Crippen LogP contribution in [0.3, 0.4) is 0 Å². The van der Waals surface area contributed by atoms with Crippen molar-refractivity contribution in [2.45, 2.75) is 6.61 Å². The first kappa shape index (κ1) is 13.6. The van der Waals surface area contributed by atoms with E-state index in [9.17, 15) is 0 Å². The van der Waals surface area contributed by atoms with Crippen LogP contribution in [0.4, 0.5) is 0 Å². The van der Waals surface area contributed by atoms with Gasteiger partial charge in [-0.3, -0.25) is 0 Å². The molecule has 1 aromatic heterocycles. The quantitative estimate of drug-likeness (QED) is 0.686. The number of ether oxygens (including phenoxy) is 2. The molecule has 0 aliphatic carbocycles. The third-order valence-electron chi connectivity index (χ3n) is 3.11. The number of halogens is 1. The van der Waals surface area contributed by atoms with Crippen LogP contribution in [-0.2, 0) is 6.61 Å². The molecule has 0 radical (unpaired) electrons. The summed E-state index contributed by atoms with van der Waals surface area (Å²) in [5, 5.41) is 1.13. The average molecular weight is 301 g/mol. The Hall–Kier alpha value is -2.33. The third kappa shape index (κ3) is 2.90. The van der Waals surface area contributed by atoms with E-state index in [1.54, 1.807) is 19.2 Å². The number of methoxy groups -OCH3 is 1. The molecular weight excluding hydrogens is 288 g/mol. The smallest absolute Gasteiger partial charge is 0.162 e. The number of benzene rings is 2. The molecule has 2 aromatic carbocycles. The fourth-order valence-corrected chi connectivity index (χ4v) is 2.24. The number of aromatic nitrogens is 2. The molecule has 3 rings (SSSR count). The number of hydrogen-bond donors (Lipinski definition) is 0. The van der Waals surface area contributed by atoms with Crippen molar-refractivity contribution in [3.63, 3.8) is 0 Å². The summed E-state index contributed by atoms with van der Waals surface area (Å²) in [5.74, 6) is 1.23. The van der Waals surface area contributed by atoms with Crippen molar-refractivity contribution >= 4 is 22.5 Å². The van der Waals surface area contributed by atoms with Crippen LogP contribution in [0, 0.1) is 0 Å². The molecule has 0 spiro atoms. The lowest BCUT2D eigenvalue weighted by atomic mass is 10.2. The van der Waals surface area contributed by atoms with E-state index in [2.05, 4.69) is 9.97 Å². The van der Waals surface area contributed by atoms with Gasteiger partial charge in [-0.05, 0) is 11.6 Å². The fraction of sp³-hybridized carbons (Fsp3) is 0.125. The molecule has 0 atom stereocenters. The van der Waals surface area contributed by atoms with Crippen LogP contribution in [0.2, 0.25) is 5.15 Å². The maximum atomic E-state index is 6.09. The molecule has 0 unspecified atom stereocenters. The molecule has 0 bridgehead atoms. The molecule has 3 aromatic rings. The summed E-state index contributed by atoms with van der Waals surface area (Å²) in [6.07, 6.45) is 1.43. The van der Waals surface area contributed by atoms with Gasteiger partial charge in [0.25, 0.3) is 0 Å². The Kier molecular flexibility index (Phi) is 3.88. The van der Waals surface area contributed by atoms with Crippen molar-refractivity contribution in [2.24, 2.45) is 0 Å². The Morgan fingerprint density at radius 2 is 1.86 bits per heavy atom. The molecule has 106 valence electrons. The molecule has 21 heavy (non-hydrogen) atoms. The number of hydrogen-bond acceptors (Lipinski definition) is 4. The van der Waals surface area contributed by atoms with Gasteiger partial charge < -0.3 is 9.47 Å². The van der Waals surface area contributed by atoms with E-state index in [1.807, 2.05) is 30.3 Å². The standard InChI is InChI=1S/C16H13ClN2O2/c1-20-14-8-13-12(16(17)19-10-18-13)7-15(14)21-9-11-5-3-2-4-6-11/h2-8,10H,9H2,1H3. The lowest BCUT2D eigenvalue weighted by Gasteiger charge is -2.12. The minimum atomic E-state index is 0.396. The second-order valence-electron chi connectivity index (χ2n) is 4.46. The Morgan fingerprint density at radius 3 is 2.62 bits per heavy atom. The maximum absolute atomic E-state index is 6.09. The van der Waals surface area contributed by atoms with Gasteiger partial charge in [-0.2, -0.15) is 0 Å². The van der Waals surface area contributed by atoms with Crippen LogP contribution in [0.15, 0.2) is 48.8 Å². The van der Waals surface area contributed by atoms with Crippen molar-refractivity contribution in [2.75, 3.05) is 7.11 Å². The molecule has 5 heteroatoms. The molecule has 0 amide bonds. The molecular formula is C16H13ClN2O2. The van der Waals surface area contributed by atoms with Gasteiger partial charge >= 0.3 is 0 Å². The summed E-state index contributed by atoms with van der Waals surface area (Å²) in [4.78, 5) is 8.16. The summed E-state index contributed by atoms with van der Waals surface area (Å²) in [5.41, 5.74) is 1.80. The van der Waals surface area contributed by atoms with Crippen molar-refractivity contribution in [3.05, 3.63) is 59.5 Å². The van der Waals surface area contributed by atoms with E-state index in [0.29, 0.717) is 23.3 Å². The first-order valence-corrected chi connectivity index (χ1v) is 6.80. The van der Waals surface area contributed by atoms with E-state index in [-0.39, 0.29) is 0 Å². The molecule has 1 heterocycles. The highest BCUT2D eigenvalue weighted by Gasteiger charge is 2.10. The van der Waals surface area contributed by atoms with E-state index in [4.69, 9.17) is 21.1 Å². The normalized spacial score (nSPS) is 10.6. The largest absolute Gasteiger partial charge is 0.493 e. The van der Waals surface area contributed by atoms with E-state index in [0.717, 1.165) is 16.5 Å². The Labute approximate surface area is 127 Å².